The highest BCUT2D eigenvalue weighted by Gasteiger charge is 2.34. The Balaban J connectivity index is 1.95. The molecule has 2 amide bonds. The van der Waals surface area contributed by atoms with Crippen LogP contribution in [0.5, 0.6) is 11.5 Å². The summed E-state index contributed by atoms with van der Waals surface area (Å²) < 4.78 is 16.5. The van der Waals surface area contributed by atoms with Crippen molar-refractivity contribution in [2.45, 2.75) is 46.6 Å². The average Bonchev–Trinajstić information content (AvgIpc) is 2.77. The van der Waals surface area contributed by atoms with Crippen molar-refractivity contribution in [1.82, 2.24) is 4.90 Å². The SMILES string of the molecule is CCOc1cc2c(cc1OCC)C(CC(=O)OC)N(C(=O)Nc1ccc(C)c(C)c1)CC2. The number of aryl methyl sites for hydroxylation is 2. The molecule has 0 spiro atoms. The maximum absolute atomic E-state index is 13.2. The summed E-state index contributed by atoms with van der Waals surface area (Å²) in [5.41, 5.74) is 4.90. The van der Waals surface area contributed by atoms with E-state index in [2.05, 4.69) is 5.32 Å². The molecule has 3 rings (SSSR count). The van der Waals surface area contributed by atoms with Gasteiger partial charge in [-0.2, -0.15) is 0 Å². The molecule has 7 heteroatoms. The third kappa shape index (κ3) is 5.15. The van der Waals surface area contributed by atoms with Crippen molar-refractivity contribution in [3.63, 3.8) is 0 Å². The zero-order chi connectivity index (χ0) is 23.3. The van der Waals surface area contributed by atoms with E-state index in [1.54, 1.807) is 4.90 Å². The summed E-state index contributed by atoms with van der Waals surface area (Å²) in [6.07, 6.45) is 0.712. The number of carbonyl (C=O) groups excluding carboxylic acids is 2. The van der Waals surface area contributed by atoms with Crippen molar-refractivity contribution >= 4 is 17.7 Å². The van der Waals surface area contributed by atoms with Gasteiger partial charge in [0, 0.05) is 12.2 Å². The Morgan fingerprint density at radius 1 is 1.03 bits per heavy atom. The Hall–Kier alpha value is -3.22. The van der Waals surface area contributed by atoms with E-state index in [0.29, 0.717) is 37.7 Å². The number of hydrogen-bond donors (Lipinski definition) is 1. The Bertz CT molecular complexity index is 989. The summed E-state index contributed by atoms with van der Waals surface area (Å²) in [6, 6.07) is 8.95. The minimum atomic E-state index is -0.465. The zero-order valence-electron chi connectivity index (χ0n) is 19.5. The highest BCUT2D eigenvalue weighted by atomic mass is 16.5. The molecule has 0 saturated heterocycles. The van der Waals surface area contributed by atoms with Crippen molar-refractivity contribution < 1.29 is 23.8 Å². The van der Waals surface area contributed by atoms with Gasteiger partial charge in [-0.1, -0.05) is 6.07 Å². The van der Waals surface area contributed by atoms with Crippen LogP contribution >= 0.6 is 0 Å². The van der Waals surface area contributed by atoms with E-state index in [9.17, 15) is 9.59 Å². The largest absolute Gasteiger partial charge is 0.490 e. The molecule has 1 N–H and O–H groups in total. The molecule has 32 heavy (non-hydrogen) atoms. The summed E-state index contributed by atoms with van der Waals surface area (Å²) in [5, 5.41) is 2.98. The van der Waals surface area contributed by atoms with Gasteiger partial charge in [0.2, 0.25) is 0 Å². The number of fused-ring (bicyclic) bond motifs is 1. The topological polar surface area (TPSA) is 77.1 Å². The first-order chi connectivity index (χ1) is 15.4. The second kappa shape index (κ2) is 10.4. The number of amides is 2. The maximum Gasteiger partial charge on any atom is 0.322 e. The number of rotatable bonds is 7. The minimum Gasteiger partial charge on any atom is -0.490 e. The van der Waals surface area contributed by atoms with E-state index < -0.39 is 6.04 Å². The standard InChI is InChI=1S/C25H32N2O5/c1-6-31-22-13-18-10-11-27(25(29)26-19-9-8-16(3)17(4)12-19)21(15-24(28)30-5)20(18)14-23(22)32-7-2/h8-9,12-14,21H,6-7,10-11,15H2,1-5H3,(H,26,29). The van der Waals surface area contributed by atoms with Gasteiger partial charge in [0.15, 0.2) is 11.5 Å². The second-order valence-electron chi connectivity index (χ2n) is 7.83. The van der Waals surface area contributed by atoms with Crippen molar-refractivity contribution in [2.24, 2.45) is 0 Å². The molecular weight excluding hydrogens is 408 g/mol. The molecular formula is C25H32N2O5. The van der Waals surface area contributed by atoms with Crippen LogP contribution in [0, 0.1) is 13.8 Å². The van der Waals surface area contributed by atoms with Crippen LogP contribution in [0.3, 0.4) is 0 Å². The molecule has 0 fully saturated rings. The number of ether oxygens (including phenoxy) is 3. The molecule has 172 valence electrons. The number of esters is 1. The number of anilines is 1. The van der Waals surface area contributed by atoms with E-state index in [-0.39, 0.29) is 18.4 Å². The lowest BCUT2D eigenvalue weighted by atomic mass is 9.90. The van der Waals surface area contributed by atoms with Crippen molar-refractivity contribution in [2.75, 3.05) is 32.2 Å². The lowest BCUT2D eigenvalue weighted by molar-refractivity contribution is -0.141. The molecule has 0 aromatic heterocycles. The highest BCUT2D eigenvalue weighted by Crippen LogP contribution is 2.40. The number of benzene rings is 2. The molecule has 2 aromatic carbocycles. The fraction of sp³-hybridized carbons (Fsp3) is 0.440. The van der Waals surface area contributed by atoms with Crippen LogP contribution in [0.25, 0.3) is 0 Å². The molecule has 0 radical (unpaired) electrons. The van der Waals surface area contributed by atoms with Crippen molar-refractivity contribution in [3.8, 4) is 11.5 Å². The molecule has 2 aromatic rings. The van der Waals surface area contributed by atoms with Gasteiger partial charge in [0.1, 0.15) is 0 Å². The predicted molar refractivity (Wildman–Crippen MR) is 123 cm³/mol. The van der Waals surface area contributed by atoms with Crippen molar-refractivity contribution in [3.05, 3.63) is 52.6 Å². The zero-order valence-corrected chi connectivity index (χ0v) is 19.5. The summed E-state index contributed by atoms with van der Waals surface area (Å²) in [5.74, 6) is 0.913. The molecule has 1 unspecified atom stereocenters. The molecule has 0 aliphatic carbocycles. The first-order valence-electron chi connectivity index (χ1n) is 11.0. The molecule has 0 bridgehead atoms. The summed E-state index contributed by atoms with van der Waals surface area (Å²) in [4.78, 5) is 27.2. The monoisotopic (exact) mass is 440 g/mol. The van der Waals surface area contributed by atoms with Crippen LogP contribution in [0.4, 0.5) is 10.5 Å². The molecule has 1 atom stereocenters. The number of nitrogens with zero attached hydrogens (tertiary/aromatic N) is 1. The smallest absolute Gasteiger partial charge is 0.322 e. The van der Waals surface area contributed by atoms with Gasteiger partial charge in [-0.3, -0.25) is 4.79 Å². The predicted octanol–water partition coefficient (Wildman–Crippen LogP) is 4.80. The highest BCUT2D eigenvalue weighted by molar-refractivity contribution is 5.90. The van der Waals surface area contributed by atoms with E-state index in [1.807, 2.05) is 58.0 Å². The second-order valence-corrected chi connectivity index (χ2v) is 7.83. The first-order valence-corrected chi connectivity index (χ1v) is 11.0. The normalized spacial score (nSPS) is 15.0. The van der Waals surface area contributed by atoms with Gasteiger partial charge in [-0.05, 0) is 80.6 Å². The maximum atomic E-state index is 13.2. The fourth-order valence-electron chi connectivity index (χ4n) is 3.96. The lowest BCUT2D eigenvalue weighted by Crippen LogP contribution is -2.43. The molecule has 0 saturated carbocycles. The number of carbonyl (C=O) groups is 2. The summed E-state index contributed by atoms with van der Waals surface area (Å²) in [7, 11) is 1.36. The van der Waals surface area contributed by atoms with Gasteiger partial charge in [-0.25, -0.2) is 4.79 Å². The third-order valence-electron chi connectivity index (χ3n) is 5.77. The summed E-state index contributed by atoms with van der Waals surface area (Å²) in [6.45, 7) is 9.35. The van der Waals surface area contributed by atoms with Gasteiger partial charge in [0.25, 0.3) is 0 Å². The van der Waals surface area contributed by atoms with Gasteiger partial charge >= 0.3 is 12.0 Å². The van der Waals surface area contributed by atoms with Gasteiger partial charge in [-0.15, -0.1) is 0 Å². The van der Waals surface area contributed by atoms with Gasteiger partial charge < -0.3 is 24.4 Å². The minimum absolute atomic E-state index is 0.0589. The number of urea groups is 1. The Morgan fingerprint density at radius 3 is 2.34 bits per heavy atom. The summed E-state index contributed by atoms with van der Waals surface area (Å²) >= 11 is 0. The first kappa shape index (κ1) is 23.4. The Labute approximate surface area is 189 Å². The Kier molecular flexibility index (Phi) is 7.62. The number of nitrogens with one attached hydrogen (secondary N) is 1. The number of hydrogen-bond acceptors (Lipinski definition) is 5. The van der Waals surface area contributed by atoms with E-state index in [0.717, 1.165) is 27.9 Å². The van der Waals surface area contributed by atoms with Crippen LogP contribution in [-0.4, -0.2) is 43.8 Å². The van der Waals surface area contributed by atoms with Crippen LogP contribution < -0.4 is 14.8 Å². The molecule has 1 heterocycles. The van der Waals surface area contributed by atoms with Crippen LogP contribution in [-0.2, 0) is 16.0 Å². The third-order valence-corrected chi connectivity index (χ3v) is 5.77. The molecule has 1 aliphatic heterocycles. The van der Waals surface area contributed by atoms with E-state index in [1.165, 1.54) is 7.11 Å². The van der Waals surface area contributed by atoms with Gasteiger partial charge in [0.05, 0.1) is 32.8 Å². The fourth-order valence-corrected chi connectivity index (χ4v) is 3.96. The average molecular weight is 441 g/mol. The van der Waals surface area contributed by atoms with E-state index in [4.69, 9.17) is 14.2 Å². The van der Waals surface area contributed by atoms with Crippen LogP contribution in [0.1, 0.15) is 48.6 Å². The van der Waals surface area contributed by atoms with Crippen molar-refractivity contribution in [1.29, 1.82) is 0 Å². The lowest BCUT2D eigenvalue weighted by Gasteiger charge is -2.37. The van der Waals surface area contributed by atoms with Crippen LogP contribution in [0.15, 0.2) is 30.3 Å². The molecule has 7 nitrogen and oxygen atoms in total. The molecule has 1 aliphatic rings. The number of methoxy groups -OCH3 is 1. The Morgan fingerprint density at radius 2 is 1.72 bits per heavy atom. The quantitative estimate of drug-likeness (QED) is 0.626. The van der Waals surface area contributed by atoms with E-state index >= 15 is 0 Å². The van der Waals surface area contributed by atoms with Crippen LogP contribution in [0.2, 0.25) is 0 Å².